The van der Waals surface area contributed by atoms with Crippen LogP contribution in [0.3, 0.4) is 0 Å². The van der Waals surface area contributed by atoms with E-state index in [0.717, 1.165) is 5.69 Å². The van der Waals surface area contributed by atoms with Crippen LogP contribution < -0.4 is 10.6 Å². The van der Waals surface area contributed by atoms with Crippen LogP contribution >= 0.6 is 11.3 Å². The van der Waals surface area contributed by atoms with E-state index in [0.29, 0.717) is 30.8 Å². The average molecular weight is 344 g/mol. The summed E-state index contributed by atoms with van der Waals surface area (Å²) in [5.74, 6) is -0.322. The molecule has 2 saturated heterocycles. The molecule has 1 spiro atoms. The molecule has 0 saturated carbocycles. The molecule has 24 heavy (non-hydrogen) atoms. The summed E-state index contributed by atoms with van der Waals surface area (Å²) < 4.78 is 1.92. The molecule has 2 fully saturated rings. The summed E-state index contributed by atoms with van der Waals surface area (Å²) in [6.45, 7) is 0.880. The molecule has 2 aliphatic heterocycles. The van der Waals surface area contributed by atoms with E-state index in [1.54, 1.807) is 4.90 Å². The van der Waals surface area contributed by atoms with Crippen LogP contribution in [-0.4, -0.2) is 45.9 Å². The molecule has 4 amide bonds. The Bertz CT molecular complexity index is 803. The normalized spacial score (nSPS) is 19.4. The van der Waals surface area contributed by atoms with Crippen LogP contribution in [0.1, 0.15) is 22.5 Å². The summed E-state index contributed by atoms with van der Waals surface area (Å²) in [6, 6.07) is 5.30. The highest BCUT2D eigenvalue weighted by Crippen LogP contribution is 2.29. The fraction of sp³-hybridized carbons (Fsp3) is 0.312. The predicted octanol–water partition coefficient (Wildman–Crippen LogP) is 1.35. The average Bonchev–Trinajstić information content (AvgIpc) is 3.29. The highest BCUT2D eigenvalue weighted by molar-refractivity contribution is 7.12. The van der Waals surface area contributed by atoms with E-state index in [1.165, 1.54) is 11.3 Å². The van der Waals surface area contributed by atoms with Crippen LogP contribution in [0.15, 0.2) is 36.0 Å². The van der Waals surface area contributed by atoms with Gasteiger partial charge in [-0.1, -0.05) is 0 Å². The topological polar surface area (TPSA) is 83.4 Å². The van der Waals surface area contributed by atoms with E-state index in [-0.39, 0.29) is 11.8 Å². The number of imide groups is 1. The van der Waals surface area contributed by atoms with Gasteiger partial charge in [0.25, 0.3) is 11.8 Å². The minimum absolute atomic E-state index is 0.0340. The summed E-state index contributed by atoms with van der Waals surface area (Å²) in [4.78, 5) is 38.7. The molecule has 2 aliphatic rings. The summed E-state index contributed by atoms with van der Waals surface area (Å²) >= 11 is 1.41. The Hall–Kier alpha value is -2.61. The number of hydrogen-bond donors (Lipinski definition) is 2. The smallest absolute Gasteiger partial charge is 0.322 e. The Morgan fingerprint density at radius 3 is 2.50 bits per heavy atom. The number of piperidine rings is 1. The molecule has 0 radical (unpaired) electrons. The first-order valence-corrected chi connectivity index (χ1v) is 8.61. The number of carbonyl (C=O) groups excluding carboxylic acids is 3. The van der Waals surface area contributed by atoms with Crippen molar-refractivity contribution in [3.63, 3.8) is 0 Å². The quantitative estimate of drug-likeness (QED) is 0.807. The second-order valence-corrected chi connectivity index (χ2v) is 6.92. The van der Waals surface area contributed by atoms with Crippen molar-refractivity contribution < 1.29 is 14.4 Å². The van der Waals surface area contributed by atoms with Gasteiger partial charge in [-0.05, 0) is 36.4 Å². The van der Waals surface area contributed by atoms with Crippen molar-refractivity contribution in [3.8, 4) is 5.69 Å². The lowest BCUT2D eigenvalue weighted by Crippen LogP contribution is -2.55. The van der Waals surface area contributed by atoms with Gasteiger partial charge in [0.05, 0.1) is 5.69 Å². The first-order valence-electron chi connectivity index (χ1n) is 7.73. The summed E-state index contributed by atoms with van der Waals surface area (Å²) in [5.41, 5.74) is 0.00855. The molecule has 2 N–H and O–H groups in total. The van der Waals surface area contributed by atoms with E-state index < -0.39 is 11.6 Å². The van der Waals surface area contributed by atoms with Crippen LogP contribution in [0.25, 0.3) is 5.69 Å². The van der Waals surface area contributed by atoms with Crippen LogP contribution in [0, 0.1) is 0 Å². The molecule has 8 heteroatoms. The summed E-state index contributed by atoms with van der Waals surface area (Å²) in [5, 5.41) is 6.89. The van der Waals surface area contributed by atoms with Crippen LogP contribution in [0.4, 0.5) is 4.79 Å². The molecular formula is C16H16N4O3S. The van der Waals surface area contributed by atoms with Gasteiger partial charge in [-0.2, -0.15) is 0 Å². The number of carbonyl (C=O) groups is 3. The predicted molar refractivity (Wildman–Crippen MR) is 88.2 cm³/mol. The number of likely N-dealkylation sites (tertiary alicyclic amines) is 1. The zero-order chi connectivity index (χ0) is 16.7. The van der Waals surface area contributed by atoms with Gasteiger partial charge in [-0.25, -0.2) is 4.79 Å². The number of nitrogens with zero attached hydrogens (tertiary/aromatic N) is 2. The van der Waals surface area contributed by atoms with Crippen LogP contribution in [0.2, 0.25) is 0 Å². The lowest BCUT2D eigenvalue weighted by molar-refractivity contribution is -0.125. The number of thiophene rings is 1. The van der Waals surface area contributed by atoms with E-state index in [4.69, 9.17) is 0 Å². The van der Waals surface area contributed by atoms with E-state index >= 15 is 0 Å². The monoisotopic (exact) mass is 344 g/mol. The molecule has 0 bridgehead atoms. The van der Waals surface area contributed by atoms with Gasteiger partial charge in [0, 0.05) is 25.5 Å². The van der Waals surface area contributed by atoms with Gasteiger partial charge in [-0.3, -0.25) is 14.9 Å². The number of aromatic nitrogens is 1. The molecule has 0 atom stereocenters. The van der Waals surface area contributed by atoms with E-state index in [9.17, 15) is 14.4 Å². The lowest BCUT2D eigenvalue weighted by atomic mass is 9.87. The van der Waals surface area contributed by atoms with Gasteiger partial charge in [-0.15, -0.1) is 11.3 Å². The van der Waals surface area contributed by atoms with Crippen molar-refractivity contribution in [2.24, 2.45) is 0 Å². The van der Waals surface area contributed by atoms with Crippen molar-refractivity contribution >= 4 is 29.2 Å². The maximum Gasteiger partial charge on any atom is 0.322 e. The van der Waals surface area contributed by atoms with Crippen molar-refractivity contribution in [3.05, 3.63) is 40.8 Å². The molecule has 124 valence electrons. The summed E-state index contributed by atoms with van der Waals surface area (Å²) in [6.07, 6.45) is 4.67. The van der Waals surface area contributed by atoms with Crippen molar-refractivity contribution in [2.75, 3.05) is 13.1 Å². The molecule has 0 aliphatic carbocycles. The zero-order valence-corrected chi connectivity index (χ0v) is 13.6. The number of hydrogen-bond acceptors (Lipinski definition) is 4. The first-order chi connectivity index (χ1) is 11.6. The second kappa shape index (κ2) is 5.48. The van der Waals surface area contributed by atoms with Gasteiger partial charge in [0.15, 0.2) is 0 Å². The third-order valence-corrected chi connectivity index (χ3v) is 5.53. The zero-order valence-electron chi connectivity index (χ0n) is 12.8. The Labute approximate surface area is 142 Å². The third-order valence-electron chi connectivity index (χ3n) is 4.64. The molecule has 2 aromatic heterocycles. The maximum atomic E-state index is 12.9. The van der Waals surface area contributed by atoms with Crippen molar-refractivity contribution in [1.29, 1.82) is 0 Å². The fourth-order valence-electron chi connectivity index (χ4n) is 3.28. The second-order valence-electron chi connectivity index (χ2n) is 6.01. The molecule has 4 rings (SSSR count). The van der Waals surface area contributed by atoms with Crippen molar-refractivity contribution in [2.45, 2.75) is 18.4 Å². The van der Waals surface area contributed by atoms with Gasteiger partial charge in [0.2, 0.25) is 0 Å². The first kappa shape index (κ1) is 14.9. The standard InChI is InChI=1S/C16H16N4O3S/c21-13(12-11(3-10-24-12)19-6-1-2-7-19)20-8-4-16(5-9-20)14(22)17-15(23)18-16/h1-3,6-7,10H,4-5,8-9H2,(H2,17,18,22,23). The molecule has 4 heterocycles. The maximum absolute atomic E-state index is 12.9. The fourth-order valence-corrected chi connectivity index (χ4v) is 4.13. The summed E-state index contributed by atoms with van der Waals surface area (Å²) in [7, 11) is 0. The van der Waals surface area contributed by atoms with E-state index in [2.05, 4.69) is 10.6 Å². The van der Waals surface area contributed by atoms with Crippen LogP contribution in [-0.2, 0) is 4.79 Å². The Morgan fingerprint density at radius 1 is 1.17 bits per heavy atom. The van der Waals surface area contributed by atoms with Crippen LogP contribution in [0.5, 0.6) is 0 Å². The largest absolute Gasteiger partial charge is 0.338 e. The SMILES string of the molecule is O=C1NC(=O)C2(CCN(C(=O)c3sccc3-n3cccc3)CC2)N1. The Balaban J connectivity index is 1.51. The van der Waals surface area contributed by atoms with Gasteiger partial charge in [0.1, 0.15) is 10.4 Å². The highest BCUT2D eigenvalue weighted by Gasteiger charge is 2.48. The molecule has 7 nitrogen and oxygen atoms in total. The van der Waals surface area contributed by atoms with Crippen molar-refractivity contribution in [1.82, 2.24) is 20.1 Å². The highest BCUT2D eigenvalue weighted by atomic mass is 32.1. The Morgan fingerprint density at radius 2 is 1.88 bits per heavy atom. The molecule has 2 aromatic rings. The number of urea groups is 1. The lowest BCUT2D eigenvalue weighted by Gasteiger charge is -2.36. The number of amides is 4. The minimum Gasteiger partial charge on any atom is -0.338 e. The number of rotatable bonds is 2. The molecule has 0 unspecified atom stereocenters. The Kier molecular flexibility index (Phi) is 3.42. The van der Waals surface area contributed by atoms with Gasteiger partial charge >= 0.3 is 6.03 Å². The molecule has 0 aromatic carbocycles. The molecular weight excluding hydrogens is 328 g/mol. The number of nitrogens with one attached hydrogen (secondary N) is 2. The van der Waals surface area contributed by atoms with Gasteiger partial charge < -0.3 is 14.8 Å². The van der Waals surface area contributed by atoms with E-state index in [1.807, 2.05) is 40.5 Å². The third kappa shape index (κ3) is 2.30. The minimum atomic E-state index is -0.855.